The molecule has 2 aromatic carbocycles. The van der Waals surface area contributed by atoms with Crippen molar-refractivity contribution in [2.45, 2.75) is 13.5 Å². The molecule has 1 aliphatic rings. The normalized spacial score (nSPS) is 14.8. The minimum Gasteiger partial charge on any atom is -0.484 e. The smallest absolute Gasteiger partial charge is 0.262 e. The van der Waals surface area contributed by atoms with E-state index >= 15 is 0 Å². The van der Waals surface area contributed by atoms with Crippen LogP contribution in [0.4, 0.5) is 5.69 Å². The molecule has 1 heterocycles. The molecule has 5 nitrogen and oxygen atoms in total. The Kier molecular flexibility index (Phi) is 6.50. The molecule has 2 aromatic rings. The summed E-state index contributed by atoms with van der Waals surface area (Å²) < 4.78 is 10.8. The second-order valence-electron chi connectivity index (χ2n) is 6.34. The summed E-state index contributed by atoms with van der Waals surface area (Å²) in [5.74, 6) is 0.451. The van der Waals surface area contributed by atoms with E-state index in [1.807, 2.05) is 43.3 Å². The lowest BCUT2D eigenvalue weighted by Gasteiger charge is -2.27. The zero-order valence-electron chi connectivity index (χ0n) is 14.8. The quantitative estimate of drug-likeness (QED) is 0.840. The number of amides is 1. The van der Waals surface area contributed by atoms with Crippen LogP contribution in [0, 0.1) is 6.92 Å². The van der Waals surface area contributed by atoms with Crippen molar-refractivity contribution in [3.8, 4) is 5.75 Å². The van der Waals surface area contributed by atoms with E-state index < -0.39 is 0 Å². The Morgan fingerprint density at radius 1 is 1.19 bits per heavy atom. The third-order valence-corrected chi connectivity index (χ3v) is 4.58. The Bertz CT molecular complexity index is 743. The van der Waals surface area contributed by atoms with E-state index in [9.17, 15) is 4.79 Å². The number of hydrogen-bond donors (Lipinski definition) is 1. The van der Waals surface area contributed by atoms with Gasteiger partial charge < -0.3 is 14.8 Å². The number of rotatable bonds is 6. The molecule has 1 aliphatic heterocycles. The first kappa shape index (κ1) is 18.7. The highest BCUT2D eigenvalue weighted by Crippen LogP contribution is 2.23. The Morgan fingerprint density at radius 2 is 1.92 bits per heavy atom. The average molecular weight is 375 g/mol. The zero-order valence-corrected chi connectivity index (χ0v) is 15.6. The maximum Gasteiger partial charge on any atom is 0.262 e. The van der Waals surface area contributed by atoms with Crippen LogP contribution in [0.5, 0.6) is 5.75 Å². The fourth-order valence-corrected chi connectivity index (χ4v) is 2.97. The van der Waals surface area contributed by atoms with Crippen LogP contribution in [0.15, 0.2) is 42.5 Å². The minimum atomic E-state index is -0.220. The molecule has 0 radical (unpaired) electrons. The summed E-state index contributed by atoms with van der Waals surface area (Å²) in [7, 11) is 0. The highest BCUT2D eigenvalue weighted by molar-refractivity contribution is 6.31. The summed E-state index contributed by atoms with van der Waals surface area (Å²) in [4.78, 5) is 14.4. The van der Waals surface area contributed by atoms with E-state index in [4.69, 9.17) is 21.1 Å². The molecule has 0 aromatic heterocycles. The average Bonchev–Trinajstić information content (AvgIpc) is 2.64. The maximum absolute atomic E-state index is 12.1. The van der Waals surface area contributed by atoms with Gasteiger partial charge >= 0.3 is 0 Å². The molecule has 0 spiro atoms. The van der Waals surface area contributed by atoms with E-state index in [1.165, 1.54) is 0 Å². The highest BCUT2D eigenvalue weighted by Gasteiger charge is 2.13. The summed E-state index contributed by atoms with van der Waals surface area (Å²) in [5, 5.41) is 3.46. The van der Waals surface area contributed by atoms with Gasteiger partial charge in [-0.15, -0.1) is 0 Å². The molecule has 0 aliphatic carbocycles. The fourth-order valence-electron chi connectivity index (χ4n) is 2.73. The van der Waals surface area contributed by atoms with Crippen molar-refractivity contribution in [2.75, 3.05) is 38.2 Å². The number of halogens is 1. The number of nitrogens with zero attached hydrogens (tertiary/aromatic N) is 1. The van der Waals surface area contributed by atoms with Gasteiger partial charge in [0.2, 0.25) is 0 Å². The van der Waals surface area contributed by atoms with Crippen molar-refractivity contribution in [1.82, 2.24) is 4.90 Å². The van der Waals surface area contributed by atoms with Gasteiger partial charge in [-0.05, 0) is 36.8 Å². The summed E-state index contributed by atoms with van der Waals surface area (Å²) in [6.45, 7) is 6.07. The summed E-state index contributed by atoms with van der Waals surface area (Å²) in [6.07, 6.45) is 0. The van der Waals surface area contributed by atoms with Gasteiger partial charge in [-0.3, -0.25) is 9.69 Å². The molecule has 0 saturated carbocycles. The third-order valence-electron chi connectivity index (χ3n) is 4.23. The number of aryl methyl sites for hydroxylation is 1. The first-order chi connectivity index (χ1) is 12.6. The van der Waals surface area contributed by atoms with Gasteiger partial charge in [0.15, 0.2) is 6.61 Å². The van der Waals surface area contributed by atoms with Gasteiger partial charge in [-0.1, -0.05) is 35.4 Å². The van der Waals surface area contributed by atoms with E-state index in [0.29, 0.717) is 16.5 Å². The highest BCUT2D eigenvalue weighted by atomic mass is 35.5. The summed E-state index contributed by atoms with van der Waals surface area (Å²) >= 11 is 6.38. The lowest BCUT2D eigenvalue weighted by atomic mass is 10.2. The number of carbonyl (C=O) groups excluding carboxylic acids is 1. The minimum absolute atomic E-state index is 0.0454. The Labute approximate surface area is 158 Å². The van der Waals surface area contributed by atoms with Gasteiger partial charge in [0.25, 0.3) is 5.91 Å². The number of morpholine rings is 1. The van der Waals surface area contributed by atoms with Crippen molar-refractivity contribution in [1.29, 1.82) is 0 Å². The van der Waals surface area contributed by atoms with Crippen LogP contribution in [0.3, 0.4) is 0 Å². The summed E-state index contributed by atoms with van der Waals surface area (Å²) in [5.41, 5.74) is 2.86. The molecule has 3 rings (SSSR count). The number of anilines is 1. The Hall–Kier alpha value is -2.08. The maximum atomic E-state index is 12.1. The molecule has 1 saturated heterocycles. The molecule has 1 fully saturated rings. The monoisotopic (exact) mass is 374 g/mol. The van der Waals surface area contributed by atoms with Crippen LogP contribution in [0.1, 0.15) is 11.1 Å². The standard InChI is InChI=1S/C20H23ClN2O3/c1-15-2-6-18(7-3-15)26-14-20(24)22-17-5-4-16(19(21)12-17)13-23-8-10-25-11-9-23/h2-7,12H,8-11,13-14H2,1H3,(H,22,24). The number of benzene rings is 2. The number of nitrogens with one attached hydrogen (secondary N) is 1. The van der Waals surface area contributed by atoms with Crippen LogP contribution < -0.4 is 10.1 Å². The fraction of sp³-hybridized carbons (Fsp3) is 0.350. The van der Waals surface area contributed by atoms with E-state index in [2.05, 4.69) is 10.2 Å². The van der Waals surface area contributed by atoms with Crippen LogP contribution in [0.2, 0.25) is 5.02 Å². The van der Waals surface area contributed by atoms with Gasteiger partial charge in [-0.2, -0.15) is 0 Å². The number of ether oxygens (including phenoxy) is 2. The van der Waals surface area contributed by atoms with E-state index in [0.717, 1.165) is 44.0 Å². The molecule has 0 bridgehead atoms. The molecular weight excluding hydrogens is 352 g/mol. The van der Waals surface area contributed by atoms with Gasteiger partial charge in [-0.25, -0.2) is 0 Å². The second kappa shape index (κ2) is 9.03. The first-order valence-electron chi connectivity index (χ1n) is 8.68. The second-order valence-corrected chi connectivity index (χ2v) is 6.75. The van der Waals surface area contributed by atoms with E-state index in [1.54, 1.807) is 6.07 Å². The number of carbonyl (C=O) groups is 1. The van der Waals surface area contributed by atoms with Gasteiger partial charge in [0.1, 0.15) is 5.75 Å². The molecule has 0 atom stereocenters. The molecular formula is C20H23ClN2O3. The van der Waals surface area contributed by atoms with Crippen molar-refractivity contribution in [3.63, 3.8) is 0 Å². The topological polar surface area (TPSA) is 50.8 Å². The lowest BCUT2D eigenvalue weighted by molar-refractivity contribution is -0.118. The molecule has 6 heteroatoms. The van der Waals surface area contributed by atoms with Gasteiger partial charge in [0, 0.05) is 30.3 Å². The predicted molar refractivity (Wildman–Crippen MR) is 103 cm³/mol. The molecule has 1 amide bonds. The van der Waals surface area contributed by atoms with E-state index in [-0.39, 0.29) is 12.5 Å². The van der Waals surface area contributed by atoms with Crippen LogP contribution in [-0.2, 0) is 16.1 Å². The largest absolute Gasteiger partial charge is 0.484 e. The lowest BCUT2D eigenvalue weighted by Crippen LogP contribution is -2.35. The SMILES string of the molecule is Cc1ccc(OCC(=O)Nc2ccc(CN3CCOCC3)c(Cl)c2)cc1. The van der Waals surface area contributed by atoms with Crippen LogP contribution >= 0.6 is 11.6 Å². The van der Waals surface area contributed by atoms with Crippen molar-refractivity contribution < 1.29 is 14.3 Å². The van der Waals surface area contributed by atoms with Crippen LogP contribution in [-0.4, -0.2) is 43.7 Å². The Morgan fingerprint density at radius 3 is 2.62 bits per heavy atom. The number of hydrogen-bond acceptors (Lipinski definition) is 4. The first-order valence-corrected chi connectivity index (χ1v) is 9.06. The predicted octanol–water partition coefficient (Wildman–Crippen LogP) is 3.50. The molecule has 138 valence electrons. The summed E-state index contributed by atoms with van der Waals surface area (Å²) in [6, 6.07) is 13.2. The molecule has 1 N–H and O–H groups in total. The van der Waals surface area contributed by atoms with Crippen molar-refractivity contribution in [2.24, 2.45) is 0 Å². The van der Waals surface area contributed by atoms with Crippen molar-refractivity contribution >= 4 is 23.2 Å². The zero-order chi connectivity index (χ0) is 18.4. The Balaban J connectivity index is 1.51. The molecule has 26 heavy (non-hydrogen) atoms. The van der Waals surface area contributed by atoms with Crippen molar-refractivity contribution in [3.05, 3.63) is 58.6 Å². The third kappa shape index (κ3) is 5.46. The molecule has 0 unspecified atom stereocenters. The van der Waals surface area contributed by atoms with Crippen LogP contribution in [0.25, 0.3) is 0 Å². The van der Waals surface area contributed by atoms with Gasteiger partial charge in [0.05, 0.1) is 13.2 Å².